The van der Waals surface area contributed by atoms with Gasteiger partial charge in [-0.3, -0.25) is 0 Å². The zero-order valence-corrected chi connectivity index (χ0v) is 11.7. The minimum absolute atomic E-state index is 0.168. The van der Waals surface area contributed by atoms with E-state index in [1.165, 1.54) is 6.07 Å². The number of hydrogen-bond acceptors (Lipinski definition) is 3. The molecule has 0 fully saturated rings. The van der Waals surface area contributed by atoms with E-state index in [4.69, 9.17) is 0 Å². The van der Waals surface area contributed by atoms with Crippen LogP contribution in [-0.2, 0) is 6.54 Å². The van der Waals surface area contributed by atoms with E-state index in [0.717, 1.165) is 29.2 Å². The second kappa shape index (κ2) is 5.12. The summed E-state index contributed by atoms with van der Waals surface area (Å²) in [6.45, 7) is 3.91. The smallest absolute Gasteiger partial charge is 0.157 e. The van der Waals surface area contributed by atoms with Crippen LogP contribution >= 0.6 is 0 Å². The van der Waals surface area contributed by atoms with Crippen molar-refractivity contribution in [3.63, 3.8) is 0 Å². The maximum absolute atomic E-state index is 13.6. The summed E-state index contributed by atoms with van der Waals surface area (Å²) in [5.74, 6) is -0.212. The lowest BCUT2D eigenvalue weighted by molar-refractivity contribution is 0.587. The highest BCUT2D eigenvalue weighted by molar-refractivity contribution is 5.50. The van der Waals surface area contributed by atoms with E-state index >= 15 is 0 Å². The molecule has 0 unspecified atom stereocenters. The van der Waals surface area contributed by atoms with Gasteiger partial charge < -0.3 is 5.32 Å². The van der Waals surface area contributed by atoms with Crippen LogP contribution in [0.4, 0.5) is 14.6 Å². The first kappa shape index (κ1) is 13.5. The van der Waals surface area contributed by atoms with Crippen molar-refractivity contribution >= 4 is 11.5 Å². The largest absolute Gasteiger partial charge is 0.366 e. The van der Waals surface area contributed by atoms with Gasteiger partial charge in [0.2, 0.25) is 0 Å². The van der Waals surface area contributed by atoms with Crippen molar-refractivity contribution in [3.8, 4) is 0 Å². The van der Waals surface area contributed by atoms with Crippen molar-refractivity contribution in [1.82, 2.24) is 14.6 Å². The molecular formula is C15H14F2N4. The quantitative estimate of drug-likeness (QED) is 0.804. The molecule has 3 rings (SSSR count). The van der Waals surface area contributed by atoms with Crippen molar-refractivity contribution in [1.29, 1.82) is 0 Å². The third-order valence-corrected chi connectivity index (χ3v) is 3.15. The summed E-state index contributed by atoms with van der Waals surface area (Å²) in [6, 6.07) is 7.09. The number of fused-ring (bicyclic) bond motifs is 1. The predicted octanol–water partition coefficient (Wildman–Crippen LogP) is 3.24. The van der Waals surface area contributed by atoms with Crippen LogP contribution in [0.5, 0.6) is 0 Å². The SMILES string of the molecule is Cc1cc(NCc2cc(F)ccc2F)n2nc(C)cc2n1. The van der Waals surface area contributed by atoms with Crippen molar-refractivity contribution in [3.05, 3.63) is 58.9 Å². The molecule has 0 spiro atoms. The number of halogens is 2. The van der Waals surface area contributed by atoms with Gasteiger partial charge in [0.05, 0.1) is 5.69 Å². The number of nitrogens with one attached hydrogen (secondary N) is 1. The van der Waals surface area contributed by atoms with Crippen LogP contribution < -0.4 is 5.32 Å². The Balaban J connectivity index is 1.93. The van der Waals surface area contributed by atoms with Gasteiger partial charge in [-0.25, -0.2) is 13.8 Å². The second-order valence-electron chi connectivity index (χ2n) is 4.93. The van der Waals surface area contributed by atoms with Gasteiger partial charge >= 0.3 is 0 Å². The van der Waals surface area contributed by atoms with E-state index in [0.29, 0.717) is 5.82 Å². The fraction of sp³-hybridized carbons (Fsp3) is 0.200. The van der Waals surface area contributed by atoms with Gasteiger partial charge in [0.1, 0.15) is 17.5 Å². The number of aromatic nitrogens is 3. The van der Waals surface area contributed by atoms with Gasteiger partial charge in [0.25, 0.3) is 0 Å². The van der Waals surface area contributed by atoms with Gasteiger partial charge in [-0.15, -0.1) is 0 Å². The summed E-state index contributed by atoms with van der Waals surface area (Å²) in [7, 11) is 0. The van der Waals surface area contributed by atoms with E-state index in [1.807, 2.05) is 26.0 Å². The molecule has 4 nitrogen and oxygen atoms in total. The molecule has 0 aliphatic rings. The topological polar surface area (TPSA) is 42.2 Å². The number of rotatable bonds is 3. The maximum Gasteiger partial charge on any atom is 0.157 e. The number of nitrogens with zero attached hydrogens (tertiary/aromatic N) is 3. The predicted molar refractivity (Wildman–Crippen MR) is 76.1 cm³/mol. The van der Waals surface area contributed by atoms with E-state index < -0.39 is 11.6 Å². The van der Waals surface area contributed by atoms with Crippen molar-refractivity contribution in [2.45, 2.75) is 20.4 Å². The molecule has 21 heavy (non-hydrogen) atoms. The van der Waals surface area contributed by atoms with Crippen molar-refractivity contribution in [2.75, 3.05) is 5.32 Å². The molecule has 2 heterocycles. The molecule has 0 saturated carbocycles. The van der Waals surface area contributed by atoms with E-state index in [-0.39, 0.29) is 12.1 Å². The van der Waals surface area contributed by atoms with Gasteiger partial charge in [0, 0.05) is 29.9 Å². The minimum Gasteiger partial charge on any atom is -0.366 e. The molecule has 2 aromatic heterocycles. The monoisotopic (exact) mass is 288 g/mol. The Morgan fingerprint density at radius 3 is 2.71 bits per heavy atom. The summed E-state index contributed by atoms with van der Waals surface area (Å²) in [5.41, 5.74) is 2.65. The highest BCUT2D eigenvalue weighted by Gasteiger charge is 2.08. The van der Waals surface area contributed by atoms with Crippen LogP contribution in [0.2, 0.25) is 0 Å². The highest BCUT2D eigenvalue weighted by atomic mass is 19.1. The molecule has 0 aliphatic carbocycles. The lowest BCUT2D eigenvalue weighted by atomic mass is 10.2. The van der Waals surface area contributed by atoms with Gasteiger partial charge in [-0.1, -0.05) is 0 Å². The molecule has 0 bridgehead atoms. The molecule has 3 aromatic rings. The van der Waals surface area contributed by atoms with E-state index in [2.05, 4.69) is 15.4 Å². The standard InChI is InChI=1S/C15H14F2N4/c1-9-5-14(21-15(19-9)6-10(2)20-21)18-8-11-7-12(16)3-4-13(11)17/h3-7,18H,8H2,1-2H3. The Labute approximate surface area is 120 Å². The normalized spacial score (nSPS) is 11.0. The molecule has 108 valence electrons. The first-order valence-corrected chi connectivity index (χ1v) is 6.55. The first-order valence-electron chi connectivity index (χ1n) is 6.55. The second-order valence-corrected chi connectivity index (χ2v) is 4.93. The fourth-order valence-corrected chi connectivity index (χ4v) is 2.21. The lowest BCUT2D eigenvalue weighted by Crippen LogP contribution is -2.08. The number of anilines is 1. The Morgan fingerprint density at radius 2 is 1.90 bits per heavy atom. The molecule has 0 amide bonds. The number of aryl methyl sites for hydroxylation is 2. The van der Waals surface area contributed by atoms with E-state index in [1.54, 1.807) is 4.52 Å². The zero-order valence-electron chi connectivity index (χ0n) is 11.7. The van der Waals surface area contributed by atoms with Crippen molar-refractivity contribution < 1.29 is 8.78 Å². The minimum atomic E-state index is -0.459. The summed E-state index contributed by atoms with van der Waals surface area (Å²) >= 11 is 0. The molecular weight excluding hydrogens is 274 g/mol. The molecule has 6 heteroatoms. The number of hydrogen-bond donors (Lipinski definition) is 1. The average Bonchev–Trinajstić information content (AvgIpc) is 2.79. The van der Waals surface area contributed by atoms with Crippen LogP contribution in [0, 0.1) is 25.5 Å². The Hall–Kier alpha value is -2.50. The van der Waals surface area contributed by atoms with Gasteiger partial charge in [-0.2, -0.15) is 9.61 Å². The van der Waals surface area contributed by atoms with Crippen LogP contribution in [-0.4, -0.2) is 14.6 Å². The summed E-state index contributed by atoms with van der Waals surface area (Å²) in [4.78, 5) is 4.37. The Bertz CT molecular complexity index is 811. The molecule has 1 aromatic carbocycles. The lowest BCUT2D eigenvalue weighted by Gasteiger charge is -2.10. The average molecular weight is 288 g/mol. The molecule has 0 aliphatic heterocycles. The third kappa shape index (κ3) is 2.69. The summed E-state index contributed by atoms with van der Waals surface area (Å²) < 4.78 is 28.5. The van der Waals surface area contributed by atoms with Crippen LogP contribution in [0.3, 0.4) is 0 Å². The van der Waals surface area contributed by atoms with Crippen LogP contribution in [0.25, 0.3) is 5.65 Å². The van der Waals surface area contributed by atoms with Crippen molar-refractivity contribution in [2.24, 2.45) is 0 Å². The Kier molecular flexibility index (Phi) is 3.29. The summed E-state index contributed by atoms with van der Waals surface area (Å²) in [6.07, 6.45) is 0. The molecule has 0 radical (unpaired) electrons. The maximum atomic E-state index is 13.6. The van der Waals surface area contributed by atoms with Crippen LogP contribution in [0.1, 0.15) is 17.0 Å². The fourth-order valence-electron chi connectivity index (χ4n) is 2.21. The van der Waals surface area contributed by atoms with Gasteiger partial charge in [0.15, 0.2) is 5.65 Å². The van der Waals surface area contributed by atoms with E-state index in [9.17, 15) is 8.78 Å². The Morgan fingerprint density at radius 1 is 1.10 bits per heavy atom. The first-order chi connectivity index (χ1) is 10.0. The number of benzene rings is 1. The molecule has 0 saturated heterocycles. The van der Waals surface area contributed by atoms with Crippen LogP contribution in [0.15, 0.2) is 30.3 Å². The van der Waals surface area contributed by atoms with Gasteiger partial charge in [-0.05, 0) is 32.0 Å². The summed E-state index contributed by atoms with van der Waals surface area (Å²) in [5, 5.41) is 7.41. The zero-order chi connectivity index (χ0) is 15.0. The highest BCUT2D eigenvalue weighted by Crippen LogP contribution is 2.16. The molecule has 0 atom stereocenters. The molecule has 1 N–H and O–H groups in total. The third-order valence-electron chi connectivity index (χ3n) is 3.15.